The van der Waals surface area contributed by atoms with Crippen molar-refractivity contribution < 1.29 is 32.9 Å². The summed E-state index contributed by atoms with van der Waals surface area (Å²) in [7, 11) is 0. The Balaban J connectivity index is 1.68. The number of nitrogens with one attached hydrogen (secondary N) is 2. The van der Waals surface area contributed by atoms with Gasteiger partial charge >= 0.3 is 6.18 Å². The minimum absolute atomic E-state index is 0.0161. The van der Waals surface area contributed by atoms with E-state index in [2.05, 4.69) is 20.7 Å². The van der Waals surface area contributed by atoms with Crippen LogP contribution in [0.5, 0.6) is 5.75 Å². The van der Waals surface area contributed by atoms with Crippen LogP contribution in [0.25, 0.3) is 0 Å². The summed E-state index contributed by atoms with van der Waals surface area (Å²) in [5.74, 6) is -0.893. The molecule has 0 aliphatic carbocycles. The Kier molecular flexibility index (Phi) is 8.10. The Bertz CT molecular complexity index is 1190. The third kappa shape index (κ3) is 6.96. The average Bonchev–Trinajstić information content (AvgIpc) is 3.52. The van der Waals surface area contributed by atoms with Gasteiger partial charge in [0.15, 0.2) is 0 Å². The van der Waals surface area contributed by atoms with E-state index in [0.717, 1.165) is 18.2 Å². The highest BCUT2D eigenvalue weighted by Crippen LogP contribution is 2.33. The molecule has 4 atom stereocenters. The topological polar surface area (TPSA) is 121 Å². The minimum Gasteiger partial charge on any atom is -0.491 e. The van der Waals surface area contributed by atoms with E-state index in [1.807, 2.05) is 20.8 Å². The lowest BCUT2D eigenvalue weighted by molar-refractivity contribution is -0.137. The molecule has 2 aliphatic rings. The van der Waals surface area contributed by atoms with E-state index in [1.54, 1.807) is 4.68 Å². The van der Waals surface area contributed by atoms with Crippen molar-refractivity contribution in [3.63, 3.8) is 0 Å². The predicted molar refractivity (Wildman–Crippen MR) is 130 cm³/mol. The number of hydrogen-bond donors (Lipinski definition) is 4. The number of aliphatic hydroxyl groups is 2. The van der Waals surface area contributed by atoms with Gasteiger partial charge in [-0.25, -0.2) is 4.68 Å². The van der Waals surface area contributed by atoms with Crippen LogP contribution in [-0.2, 0) is 18.1 Å². The highest BCUT2D eigenvalue weighted by molar-refractivity contribution is 7.09. The zero-order valence-electron chi connectivity index (χ0n) is 20.9. The Hall–Kier alpha value is -2.32. The lowest BCUT2D eigenvalue weighted by Crippen LogP contribution is -2.35. The van der Waals surface area contributed by atoms with Crippen LogP contribution >= 0.6 is 11.3 Å². The molecule has 0 saturated carbocycles. The number of alkyl halides is 3. The number of hydrogen-bond acceptors (Lipinski definition) is 8. The monoisotopic (exact) mass is 543 g/mol. The molecule has 3 heterocycles. The lowest BCUT2D eigenvalue weighted by atomic mass is 9.98. The van der Waals surface area contributed by atoms with E-state index in [9.17, 15) is 28.2 Å². The number of carbonyl (C=O) groups is 1. The third-order valence-corrected chi connectivity index (χ3v) is 7.64. The molecule has 37 heavy (non-hydrogen) atoms. The number of halogens is 3. The van der Waals surface area contributed by atoms with Gasteiger partial charge in [-0.1, -0.05) is 32.1 Å². The summed E-state index contributed by atoms with van der Waals surface area (Å²) in [6.07, 6.45) is -3.46. The first kappa shape index (κ1) is 27.7. The fourth-order valence-corrected chi connectivity index (χ4v) is 5.20. The van der Waals surface area contributed by atoms with Crippen molar-refractivity contribution in [1.82, 2.24) is 20.4 Å². The predicted octanol–water partition coefficient (Wildman–Crippen LogP) is 2.52. The summed E-state index contributed by atoms with van der Waals surface area (Å²) >= 11 is 1.20. The standard InChI is InChI=1S/C24H32F3N5O4S/c1-23(2,3)21-31-32(11-14-5-8-18(33)28-14)22(37-21)30-20(35)16-10-13(24(25,26)27)4-7-17(16)36-12-15-6-9-19(34)29-15/h4,7,10,14-15,18-19,28-29,33-34H,5-6,8-9,11-12H2,1-3H3/t14-,15-,18-,19-/m0/s1. The van der Waals surface area contributed by atoms with Crippen molar-refractivity contribution in [3.8, 4) is 5.75 Å². The number of aromatic nitrogens is 2. The van der Waals surface area contributed by atoms with Crippen molar-refractivity contribution in [2.24, 2.45) is 4.99 Å². The summed E-state index contributed by atoms with van der Waals surface area (Å²) in [6, 6.07) is 2.47. The van der Waals surface area contributed by atoms with Crippen LogP contribution in [0.4, 0.5) is 13.2 Å². The van der Waals surface area contributed by atoms with Gasteiger partial charge in [-0.15, -0.1) is 0 Å². The molecular weight excluding hydrogens is 511 g/mol. The van der Waals surface area contributed by atoms with Gasteiger partial charge in [0.25, 0.3) is 5.91 Å². The average molecular weight is 544 g/mol. The smallest absolute Gasteiger partial charge is 0.416 e. The lowest BCUT2D eigenvalue weighted by Gasteiger charge is -2.16. The maximum atomic E-state index is 13.5. The summed E-state index contributed by atoms with van der Waals surface area (Å²) < 4.78 is 47.7. The van der Waals surface area contributed by atoms with Crippen LogP contribution in [0.15, 0.2) is 23.2 Å². The fourth-order valence-electron chi connectivity index (χ4n) is 4.23. The molecule has 0 spiro atoms. The first-order valence-corrected chi connectivity index (χ1v) is 13.0. The van der Waals surface area contributed by atoms with Gasteiger partial charge in [0.1, 0.15) is 29.8 Å². The second-order valence-corrected chi connectivity index (χ2v) is 11.4. The molecule has 2 fully saturated rings. The van der Waals surface area contributed by atoms with E-state index >= 15 is 0 Å². The van der Waals surface area contributed by atoms with Crippen LogP contribution < -0.4 is 20.2 Å². The largest absolute Gasteiger partial charge is 0.491 e. The van der Waals surface area contributed by atoms with Gasteiger partial charge < -0.3 is 14.9 Å². The normalized spacial score (nSPS) is 25.1. The van der Waals surface area contributed by atoms with Gasteiger partial charge in [0.05, 0.1) is 17.7 Å². The zero-order chi connectivity index (χ0) is 27.0. The van der Waals surface area contributed by atoms with Gasteiger partial charge in [-0.3, -0.25) is 15.4 Å². The van der Waals surface area contributed by atoms with E-state index in [0.29, 0.717) is 37.2 Å². The Labute approximate surface area is 216 Å². The van der Waals surface area contributed by atoms with E-state index < -0.39 is 30.1 Å². The van der Waals surface area contributed by atoms with Crippen LogP contribution in [0.3, 0.4) is 0 Å². The van der Waals surface area contributed by atoms with Crippen LogP contribution in [0.2, 0.25) is 0 Å². The van der Waals surface area contributed by atoms with Crippen LogP contribution in [-0.4, -0.2) is 57.0 Å². The molecule has 1 amide bonds. The number of rotatable bonds is 6. The minimum atomic E-state index is -4.65. The molecule has 2 aromatic rings. The summed E-state index contributed by atoms with van der Waals surface area (Å²) in [5, 5.41) is 30.7. The van der Waals surface area contributed by atoms with E-state index in [-0.39, 0.29) is 40.2 Å². The first-order valence-electron chi connectivity index (χ1n) is 12.2. The van der Waals surface area contributed by atoms with Gasteiger partial charge in [-0.05, 0) is 43.9 Å². The molecule has 0 radical (unpaired) electrons. The molecule has 4 N–H and O–H groups in total. The molecule has 2 saturated heterocycles. The van der Waals surface area contributed by atoms with Gasteiger partial charge in [0.2, 0.25) is 4.80 Å². The number of aliphatic hydroxyl groups excluding tert-OH is 2. The molecule has 204 valence electrons. The quantitative estimate of drug-likeness (QED) is 0.442. The summed E-state index contributed by atoms with van der Waals surface area (Å²) in [6.45, 7) is 6.31. The molecule has 9 nitrogen and oxygen atoms in total. The maximum Gasteiger partial charge on any atom is 0.416 e. The molecule has 0 unspecified atom stereocenters. The number of benzene rings is 1. The molecule has 4 rings (SSSR count). The zero-order valence-corrected chi connectivity index (χ0v) is 21.7. The van der Waals surface area contributed by atoms with Crippen molar-refractivity contribution >= 4 is 17.2 Å². The molecule has 0 bridgehead atoms. The maximum absolute atomic E-state index is 13.5. The van der Waals surface area contributed by atoms with Crippen LogP contribution in [0.1, 0.15) is 67.4 Å². The second-order valence-electron chi connectivity index (χ2n) is 10.5. The molecule has 1 aromatic carbocycles. The van der Waals surface area contributed by atoms with Crippen LogP contribution in [0, 0.1) is 0 Å². The number of nitrogens with zero attached hydrogens (tertiary/aromatic N) is 3. The van der Waals surface area contributed by atoms with Gasteiger partial charge in [-0.2, -0.15) is 23.3 Å². The van der Waals surface area contributed by atoms with Gasteiger partial charge in [0, 0.05) is 17.5 Å². The molecular formula is C24H32F3N5O4S. The number of carbonyl (C=O) groups excluding carboxylic acids is 1. The van der Waals surface area contributed by atoms with E-state index in [4.69, 9.17) is 4.74 Å². The molecule has 2 aliphatic heterocycles. The molecule has 13 heteroatoms. The van der Waals surface area contributed by atoms with E-state index in [1.165, 1.54) is 11.3 Å². The SMILES string of the molecule is CC(C)(C)c1nn(C[C@@H]2CC[C@H](O)N2)c(=NC(=O)c2cc(C(F)(F)F)ccc2OC[C@@H]2CC[C@H](O)N2)s1. The molecule has 1 aromatic heterocycles. The first-order chi connectivity index (χ1) is 17.3. The Morgan fingerprint density at radius 2 is 1.78 bits per heavy atom. The number of amides is 1. The van der Waals surface area contributed by atoms with Crippen molar-refractivity contribution in [2.75, 3.05) is 6.61 Å². The highest BCUT2D eigenvalue weighted by Gasteiger charge is 2.33. The van der Waals surface area contributed by atoms with Crippen molar-refractivity contribution in [3.05, 3.63) is 39.1 Å². The summed E-state index contributed by atoms with van der Waals surface area (Å²) in [5.41, 5.74) is -1.63. The summed E-state index contributed by atoms with van der Waals surface area (Å²) in [4.78, 5) is 17.7. The highest BCUT2D eigenvalue weighted by atomic mass is 32.1. The number of ether oxygens (including phenoxy) is 1. The van der Waals surface area contributed by atoms with Crippen molar-refractivity contribution in [2.45, 2.75) is 89.1 Å². The third-order valence-electron chi connectivity index (χ3n) is 6.26. The van der Waals surface area contributed by atoms with Crippen molar-refractivity contribution in [1.29, 1.82) is 0 Å². The Morgan fingerprint density at radius 1 is 1.14 bits per heavy atom. The Morgan fingerprint density at radius 3 is 2.35 bits per heavy atom. The second kappa shape index (κ2) is 10.8. The fraction of sp³-hybridized carbons (Fsp3) is 0.625.